The summed E-state index contributed by atoms with van der Waals surface area (Å²) in [6, 6.07) is 4.52. The zero-order valence-corrected chi connectivity index (χ0v) is 9.93. The van der Waals surface area contributed by atoms with Crippen LogP contribution in [0.4, 0.5) is 0 Å². The smallest absolute Gasteiger partial charge is 0.227 e. The number of carbonyl (C=O) groups is 1. The first-order chi connectivity index (χ1) is 7.16. The predicted octanol–water partition coefficient (Wildman–Crippen LogP) is 1.03. The van der Waals surface area contributed by atoms with E-state index in [1.165, 1.54) is 4.88 Å². The van der Waals surface area contributed by atoms with Gasteiger partial charge >= 0.3 is 0 Å². The van der Waals surface area contributed by atoms with E-state index in [1.54, 1.807) is 11.3 Å². The molecule has 0 aliphatic carbocycles. The second-order valence-corrected chi connectivity index (χ2v) is 5.38. The Kier molecular flexibility index (Phi) is 3.07. The molecule has 2 rings (SSSR count). The Hall–Kier alpha value is -0.870. The minimum atomic E-state index is 0.225. The fraction of sp³-hybridized carbons (Fsp3) is 0.545. The maximum atomic E-state index is 11.9. The summed E-state index contributed by atoms with van der Waals surface area (Å²) in [5.41, 5.74) is 0. The molecule has 82 valence electrons. The summed E-state index contributed by atoms with van der Waals surface area (Å²) in [6.07, 6.45) is 0.547. The minimum Gasteiger partial charge on any atom is -0.340 e. The van der Waals surface area contributed by atoms with Crippen LogP contribution in [-0.4, -0.2) is 37.0 Å². The van der Waals surface area contributed by atoms with E-state index in [-0.39, 0.29) is 5.91 Å². The molecular weight excluding hydrogens is 208 g/mol. The van der Waals surface area contributed by atoms with Gasteiger partial charge in [0.25, 0.3) is 0 Å². The van der Waals surface area contributed by atoms with Gasteiger partial charge in [0.1, 0.15) is 0 Å². The SMILES string of the molecule is Cc1ccc(CC(=O)N(C)C2CNC2)s1. The van der Waals surface area contributed by atoms with E-state index in [0.29, 0.717) is 12.5 Å². The van der Waals surface area contributed by atoms with Gasteiger partial charge in [0.15, 0.2) is 0 Å². The second kappa shape index (κ2) is 4.33. The lowest BCUT2D eigenvalue weighted by atomic mass is 10.1. The topological polar surface area (TPSA) is 32.3 Å². The van der Waals surface area contributed by atoms with E-state index in [9.17, 15) is 4.79 Å². The number of aryl methyl sites for hydroxylation is 1. The highest BCUT2D eigenvalue weighted by Gasteiger charge is 2.25. The Bertz CT molecular complexity index is 357. The summed E-state index contributed by atoms with van der Waals surface area (Å²) < 4.78 is 0. The van der Waals surface area contributed by atoms with E-state index in [4.69, 9.17) is 0 Å². The summed E-state index contributed by atoms with van der Waals surface area (Å²) in [5.74, 6) is 0.225. The van der Waals surface area contributed by atoms with Crippen LogP contribution in [0.15, 0.2) is 12.1 Å². The molecule has 1 N–H and O–H groups in total. The van der Waals surface area contributed by atoms with E-state index in [1.807, 2.05) is 18.0 Å². The third kappa shape index (κ3) is 2.38. The van der Waals surface area contributed by atoms with Crippen LogP contribution in [0, 0.1) is 6.92 Å². The van der Waals surface area contributed by atoms with Gasteiger partial charge in [0, 0.05) is 29.9 Å². The third-order valence-electron chi connectivity index (χ3n) is 2.82. The lowest BCUT2D eigenvalue weighted by Crippen LogP contribution is -2.57. The zero-order valence-electron chi connectivity index (χ0n) is 9.12. The van der Waals surface area contributed by atoms with Crippen molar-refractivity contribution in [3.8, 4) is 0 Å². The fourth-order valence-corrected chi connectivity index (χ4v) is 2.49. The average molecular weight is 224 g/mol. The number of rotatable bonds is 3. The van der Waals surface area contributed by atoms with Crippen LogP contribution in [-0.2, 0) is 11.2 Å². The first-order valence-electron chi connectivity index (χ1n) is 5.18. The summed E-state index contributed by atoms with van der Waals surface area (Å²) >= 11 is 1.71. The molecule has 0 radical (unpaired) electrons. The van der Waals surface area contributed by atoms with Crippen molar-refractivity contribution in [1.82, 2.24) is 10.2 Å². The Balaban J connectivity index is 1.91. The molecule has 4 heteroatoms. The summed E-state index contributed by atoms with van der Waals surface area (Å²) in [4.78, 5) is 16.2. The minimum absolute atomic E-state index is 0.225. The van der Waals surface area contributed by atoms with Crippen LogP contribution in [0.3, 0.4) is 0 Å². The van der Waals surface area contributed by atoms with Crippen LogP contribution in [0.25, 0.3) is 0 Å². The van der Waals surface area contributed by atoms with Crippen molar-refractivity contribution >= 4 is 17.2 Å². The standard InChI is InChI=1S/C11H16N2OS/c1-8-3-4-10(15-8)5-11(14)13(2)9-6-12-7-9/h3-4,9,12H,5-7H2,1-2H3. The maximum Gasteiger partial charge on any atom is 0.227 e. The second-order valence-electron chi connectivity index (χ2n) is 4.01. The highest BCUT2D eigenvalue weighted by atomic mass is 32.1. The Labute approximate surface area is 94.1 Å². The van der Waals surface area contributed by atoms with Crippen molar-refractivity contribution in [3.63, 3.8) is 0 Å². The number of carbonyl (C=O) groups excluding carboxylic acids is 1. The van der Waals surface area contributed by atoms with Gasteiger partial charge in [-0.2, -0.15) is 0 Å². The monoisotopic (exact) mass is 224 g/mol. The first-order valence-corrected chi connectivity index (χ1v) is 6.00. The van der Waals surface area contributed by atoms with Crippen LogP contribution in [0.2, 0.25) is 0 Å². The lowest BCUT2D eigenvalue weighted by Gasteiger charge is -2.35. The normalized spacial score (nSPS) is 16.1. The van der Waals surface area contributed by atoms with Crippen molar-refractivity contribution in [2.24, 2.45) is 0 Å². The van der Waals surface area contributed by atoms with Crippen molar-refractivity contribution in [2.75, 3.05) is 20.1 Å². The molecular formula is C11H16N2OS. The van der Waals surface area contributed by atoms with Gasteiger partial charge in [-0.05, 0) is 19.1 Å². The largest absolute Gasteiger partial charge is 0.340 e. The van der Waals surface area contributed by atoms with Gasteiger partial charge in [0.2, 0.25) is 5.91 Å². The molecule has 1 aliphatic heterocycles. The van der Waals surface area contributed by atoms with Gasteiger partial charge in [-0.25, -0.2) is 0 Å². The average Bonchev–Trinajstić information content (AvgIpc) is 2.48. The lowest BCUT2D eigenvalue weighted by molar-refractivity contribution is -0.132. The predicted molar refractivity (Wildman–Crippen MR) is 62.2 cm³/mol. The Morgan fingerprint density at radius 3 is 2.80 bits per heavy atom. The quantitative estimate of drug-likeness (QED) is 0.831. The van der Waals surface area contributed by atoms with Crippen LogP contribution >= 0.6 is 11.3 Å². The molecule has 1 amide bonds. The maximum absolute atomic E-state index is 11.9. The highest BCUT2D eigenvalue weighted by Crippen LogP contribution is 2.16. The van der Waals surface area contributed by atoms with Gasteiger partial charge in [-0.3, -0.25) is 4.79 Å². The zero-order chi connectivity index (χ0) is 10.8. The third-order valence-corrected chi connectivity index (χ3v) is 3.82. The van der Waals surface area contributed by atoms with Gasteiger partial charge < -0.3 is 10.2 Å². The highest BCUT2D eigenvalue weighted by molar-refractivity contribution is 7.12. The molecule has 0 spiro atoms. The Morgan fingerprint density at radius 1 is 1.60 bits per heavy atom. The molecule has 0 atom stereocenters. The van der Waals surface area contributed by atoms with Gasteiger partial charge in [-0.15, -0.1) is 11.3 Å². The number of amides is 1. The van der Waals surface area contributed by atoms with Crippen LogP contribution in [0.1, 0.15) is 9.75 Å². The van der Waals surface area contributed by atoms with Crippen LogP contribution < -0.4 is 5.32 Å². The van der Waals surface area contributed by atoms with Gasteiger partial charge in [-0.1, -0.05) is 0 Å². The molecule has 1 fully saturated rings. The van der Waals surface area contributed by atoms with Crippen molar-refractivity contribution in [1.29, 1.82) is 0 Å². The number of thiophene rings is 1. The molecule has 15 heavy (non-hydrogen) atoms. The Morgan fingerprint density at radius 2 is 2.33 bits per heavy atom. The van der Waals surface area contributed by atoms with E-state index in [2.05, 4.69) is 18.3 Å². The summed E-state index contributed by atoms with van der Waals surface area (Å²) in [5, 5.41) is 3.17. The summed E-state index contributed by atoms with van der Waals surface area (Å²) in [7, 11) is 1.90. The molecule has 0 aromatic carbocycles. The summed E-state index contributed by atoms with van der Waals surface area (Å²) in [6.45, 7) is 3.94. The van der Waals surface area contributed by atoms with Gasteiger partial charge in [0.05, 0.1) is 12.5 Å². The number of likely N-dealkylation sites (N-methyl/N-ethyl adjacent to an activating group) is 1. The van der Waals surface area contributed by atoms with Crippen molar-refractivity contribution in [3.05, 3.63) is 21.9 Å². The molecule has 2 heterocycles. The van der Waals surface area contributed by atoms with E-state index in [0.717, 1.165) is 18.0 Å². The molecule has 3 nitrogen and oxygen atoms in total. The van der Waals surface area contributed by atoms with E-state index < -0.39 is 0 Å². The number of hydrogen-bond donors (Lipinski definition) is 1. The van der Waals surface area contributed by atoms with E-state index >= 15 is 0 Å². The van der Waals surface area contributed by atoms with Crippen molar-refractivity contribution < 1.29 is 4.79 Å². The molecule has 1 saturated heterocycles. The first kappa shape index (κ1) is 10.6. The van der Waals surface area contributed by atoms with Crippen LogP contribution in [0.5, 0.6) is 0 Å². The molecule has 1 aromatic rings. The molecule has 0 saturated carbocycles. The number of nitrogens with zero attached hydrogens (tertiary/aromatic N) is 1. The fourth-order valence-electron chi connectivity index (χ4n) is 1.60. The number of hydrogen-bond acceptors (Lipinski definition) is 3. The number of nitrogens with one attached hydrogen (secondary N) is 1. The molecule has 1 aliphatic rings. The molecule has 0 bridgehead atoms. The van der Waals surface area contributed by atoms with Crippen molar-refractivity contribution in [2.45, 2.75) is 19.4 Å². The molecule has 0 unspecified atom stereocenters. The molecule has 1 aromatic heterocycles.